The molecule has 2 aliphatic heterocycles. The van der Waals surface area contributed by atoms with Gasteiger partial charge in [0.05, 0.1) is 46.3 Å². The number of amides is 2. The molecule has 4 rings (SSSR count). The average Bonchev–Trinajstić information content (AvgIpc) is 3.44. The minimum absolute atomic E-state index is 0.0367. The number of hydrogen-bond donors (Lipinski definition) is 0. The van der Waals surface area contributed by atoms with E-state index in [1.54, 1.807) is 26.2 Å². The molecule has 1 saturated heterocycles. The molecular weight excluding hydrogens is 536 g/mol. The molecule has 2 aromatic carbocycles. The van der Waals surface area contributed by atoms with Crippen LogP contribution in [0.25, 0.3) is 0 Å². The van der Waals surface area contributed by atoms with Crippen LogP contribution in [-0.2, 0) is 14.3 Å². The van der Waals surface area contributed by atoms with Gasteiger partial charge in [0.1, 0.15) is 23.8 Å². The van der Waals surface area contributed by atoms with Crippen LogP contribution >= 0.6 is 0 Å². The molecule has 0 N–H and O–H groups in total. The number of methoxy groups -OCH3 is 3. The summed E-state index contributed by atoms with van der Waals surface area (Å²) in [4.78, 5) is 31.5. The van der Waals surface area contributed by atoms with Crippen molar-refractivity contribution in [2.24, 2.45) is 10.5 Å². The van der Waals surface area contributed by atoms with Gasteiger partial charge in [-0.25, -0.2) is 5.01 Å². The lowest BCUT2D eigenvalue weighted by Crippen LogP contribution is -2.47. The Morgan fingerprint density at radius 1 is 0.976 bits per heavy atom. The molecule has 2 amide bonds. The van der Waals surface area contributed by atoms with E-state index in [0.29, 0.717) is 50.6 Å². The maximum absolute atomic E-state index is 14.0. The number of hydrazone groups is 1. The van der Waals surface area contributed by atoms with Crippen LogP contribution < -0.4 is 14.2 Å². The van der Waals surface area contributed by atoms with Crippen molar-refractivity contribution in [2.75, 3.05) is 67.3 Å². The van der Waals surface area contributed by atoms with Gasteiger partial charge in [0, 0.05) is 50.7 Å². The molecule has 0 radical (unpaired) electrons. The number of rotatable bonds is 11. The Hall–Kier alpha value is -3.63. The number of ether oxygens (including phenoxy) is 4. The first-order chi connectivity index (χ1) is 20.1. The number of benzene rings is 2. The second-order valence-corrected chi connectivity index (χ2v) is 11.9. The Kier molecular flexibility index (Phi) is 10.5. The first-order valence-corrected chi connectivity index (χ1v) is 14.5. The van der Waals surface area contributed by atoms with Crippen molar-refractivity contribution in [3.05, 3.63) is 53.6 Å². The maximum Gasteiger partial charge on any atom is 0.262 e. The lowest BCUT2D eigenvalue weighted by Gasteiger charge is -2.32. The highest BCUT2D eigenvalue weighted by atomic mass is 16.5. The minimum Gasteiger partial charge on any atom is -0.497 e. The van der Waals surface area contributed by atoms with Crippen LogP contribution in [-0.4, -0.2) is 99.6 Å². The van der Waals surface area contributed by atoms with Crippen LogP contribution in [0.15, 0.2) is 47.6 Å². The number of morpholine rings is 1. The van der Waals surface area contributed by atoms with E-state index in [2.05, 4.69) is 4.90 Å². The summed E-state index contributed by atoms with van der Waals surface area (Å²) in [5.74, 6) is 1.74. The highest BCUT2D eigenvalue weighted by Crippen LogP contribution is 2.37. The molecule has 0 aliphatic carbocycles. The summed E-state index contributed by atoms with van der Waals surface area (Å²) in [6, 6.07) is 12.9. The Bertz CT molecular complexity index is 1250. The van der Waals surface area contributed by atoms with E-state index in [4.69, 9.17) is 24.0 Å². The topological polar surface area (TPSA) is 93.1 Å². The van der Waals surface area contributed by atoms with Gasteiger partial charge in [0.2, 0.25) is 5.91 Å². The summed E-state index contributed by atoms with van der Waals surface area (Å²) in [6.07, 6.45) is 0.841. The second kappa shape index (κ2) is 14.0. The molecule has 2 aromatic rings. The predicted octanol–water partition coefficient (Wildman–Crippen LogP) is 3.99. The van der Waals surface area contributed by atoms with Crippen molar-refractivity contribution in [1.29, 1.82) is 0 Å². The largest absolute Gasteiger partial charge is 0.497 e. The van der Waals surface area contributed by atoms with Crippen LogP contribution in [0.1, 0.15) is 50.8 Å². The zero-order chi connectivity index (χ0) is 30.3. The van der Waals surface area contributed by atoms with Crippen molar-refractivity contribution in [3.8, 4) is 17.2 Å². The third-order valence-corrected chi connectivity index (χ3v) is 7.54. The van der Waals surface area contributed by atoms with E-state index in [9.17, 15) is 9.59 Å². The van der Waals surface area contributed by atoms with Crippen LogP contribution in [0.2, 0.25) is 0 Å². The van der Waals surface area contributed by atoms with Gasteiger partial charge in [-0.15, -0.1) is 0 Å². The summed E-state index contributed by atoms with van der Waals surface area (Å²) in [7, 11) is 4.83. The first kappa shape index (κ1) is 31.3. The molecule has 0 spiro atoms. The van der Waals surface area contributed by atoms with Gasteiger partial charge in [-0.3, -0.25) is 14.5 Å². The van der Waals surface area contributed by atoms with Crippen LogP contribution in [0.3, 0.4) is 0 Å². The summed E-state index contributed by atoms with van der Waals surface area (Å²) < 4.78 is 21.8. The van der Waals surface area contributed by atoms with Gasteiger partial charge in [-0.05, 0) is 35.2 Å². The van der Waals surface area contributed by atoms with Gasteiger partial charge in [0.15, 0.2) is 0 Å². The molecule has 0 unspecified atom stereocenters. The lowest BCUT2D eigenvalue weighted by atomic mass is 9.91. The van der Waals surface area contributed by atoms with Gasteiger partial charge < -0.3 is 23.8 Å². The monoisotopic (exact) mass is 580 g/mol. The fourth-order valence-electron chi connectivity index (χ4n) is 5.21. The molecule has 10 nitrogen and oxygen atoms in total. The molecule has 0 aromatic heterocycles. The zero-order valence-electron chi connectivity index (χ0n) is 25.7. The van der Waals surface area contributed by atoms with Gasteiger partial charge in [-0.2, -0.15) is 5.10 Å². The summed E-state index contributed by atoms with van der Waals surface area (Å²) in [5.41, 5.74) is 2.24. The van der Waals surface area contributed by atoms with Crippen molar-refractivity contribution in [2.45, 2.75) is 39.7 Å². The Balaban J connectivity index is 1.62. The summed E-state index contributed by atoms with van der Waals surface area (Å²) >= 11 is 0. The molecule has 10 heteroatoms. The van der Waals surface area contributed by atoms with E-state index < -0.39 is 0 Å². The predicted molar refractivity (Wildman–Crippen MR) is 161 cm³/mol. The Morgan fingerprint density at radius 3 is 2.26 bits per heavy atom. The normalized spacial score (nSPS) is 17.5. The smallest absolute Gasteiger partial charge is 0.262 e. The standard InChI is InChI=1S/C32H44N4O6/c1-32(2,3)21-30(37)35(14-13-34-15-17-42-18-16-34)22-31(38)36-28(23-7-9-24(39-4)10-8-23)20-27(33-36)26-12-11-25(40-5)19-29(26)41-6/h7-12,19,28H,13-18,20-22H2,1-6H3/t28-/m0/s1. The van der Waals surface area contributed by atoms with E-state index in [1.807, 2.05) is 63.2 Å². The molecule has 42 heavy (non-hydrogen) atoms. The fraction of sp³-hybridized carbons (Fsp3) is 0.531. The Morgan fingerprint density at radius 2 is 1.64 bits per heavy atom. The molecule has 1 fully saturated rings. The third-order valence-electron chi connectivity index (χ3n) is 7.54. The van der Waals surface area contributed by atoms with Crippen molar-refractivity contribution in [1.82, 2.24) is 14.8 Å². The molecule has 0 bridgehead atoms. The molecule has 2 heterocycles. The number of carbonyl (C=O) groups excluding carboxylic acids is 2. The summed E-state index contributed by atoms with van der Waals surface area (Å²) in [6.45, 7) is 10.2. The van der Waals surface area contributed by atoms with Crippen LogP contribution in [0.4, 0.5) is 0 Å². The zero-order valence-corrected chi connectivity index (χ0v) is 25.7. The SMILES string of the molecule is COc1ccc([C@@H]2CC(c3ccc(OC)cc3OC)=NN2C(=O)CN(CCN2CCOCC2)C(=O)CC(C)(C)C)cc1. The van der Waals surface area contributed by atoms with E-state index in [-0.39, 0.29) is 29.8 Å². The highest BCUT2D eigenvalue weighted by molar-refractivity contribution is 6.05. The molecule has 228 valence electrons. The highest BCUT2D eigenvalue weighted by Gasteiger charge is 2.36. The average molecular weight is 581 g/mol. The quantitative estimate of drug-likeness (QED) is 0.397. The van der Waals surface area contributed by atoms with Crippen molar-refractivity contribution >= 4 is 17.5 Å². The summed E-state index contributed by atoms with van der Waals surface area (Å²) in [5, 5.41) is 6.38. The lowest BCUT2D eigenvalue weighted by molar-refractivity contribution is -0.142. The molecule has 0 saturated carbocycles. The van der Waals surface area contributed by atoms with Crippen molar-refractivity contribution in [3.63, 3.8) is 0 Å². The van der Waals surface area contributed by atoms with E-state index in [0.717, 1.165) is 35.7 Å². The van der Waals surface area contributed by atoms with E-state index >= 15 is 0 Å². The van der Waals surface area contributed by atoms with Crippen molar-refractivity contribution < 1.29 is 28.5 Å². The van der Waals surface area contributed by atoms with Gasteiger partial charge >= 0.3 is 0 Å². The van der Waals surface area contributed by atoms with Gasteiger partial charge in [0.25, 0.3) is 5.91 Å². The minimum atomic E-state index is -0.343. The first-order valence-electron chi connectivity index (χ1n) is 14.5. The van der Waals surface area contributed by atoms with Crippen LogP contribution in [0.5, 0.6) is 17.2 Å². The van der Waals surface area contributed by atoms with E-state index in [1.165, 1.54) is 5.01 Å². The van der Waals surface area contributed by atoms with Crippen LogP contribution in [0, 0.1) is 5.41 Å². The number of hydrogen-bond acceptors (Lipinski definition) is 8. The fourth-order valence-corrected chi connectivity index (χ4v) is 5.21. The maximum atomic E-state index is 14.0. The second-order valence-electron chi connectivity index (χ2n) is 11.9. The number of carbonyl (C=O) groups is 2. The Labute approximate surface area is 249 Å². The molecule has 1 atom stereocenters. The van der Waals surface area contributed by atoms with Gasteiger partial charge in [-0.1, -0.05) is 32.9 Å². The number of nitrogens with zero attached hydrogens (tertiary/aromatic N) is 4. The molecule has 2 aliphatic rings. The third kappa shape index (κ3) is 8.01. The molecular formula is C32H44N4O6.